The van der Waals surface area contributed by atoms with E-state index in [4.69, 9.17) is 9.84 Å². The lowest BCUT2D eigenvalue weighted by atomic mass is 10.0. The van der Waals surface area contributed by atoms with Gasteiger partial charge < -0.3 is 14.9 Å². The molecule has 0 aliphatic rings. The molecule has 0 bridgehead atoms. The van der Waals surface area contributed by atoms with E-state index in [9.17, 15) is 9.90 Å². The molecular formula is C21H18O4. The number of ether oxygens (including phenoxy) is 1. The summed E-state index contributed by atoms with van der Waals surface area (Å²) in [6, 6.07) is 17.8. The summed E-state index contributed by atoms with van der Waals surface area (Å²) in [5, 5.41) is 19.3. The zero-order chi connectivity index (χ0) is 18.0. The SMILES string of the molecule is Cc1cc(C(=O)O)cc(C)c1Oc1ccc(O)c(-c2ccccc2)c1. The van der Waals surface area contributed by atoms with Crippen molar-refractivity contribution in [2.24, 2.45) is 0 Å². The first-order valence-electron chi connectivity index (χ1n) is 7.86. The van der Waals surface area contributed by atoms with E-state index in [0.717, 1.165) is 16.7 Å². The summed E-state index contributed by atoms with van der Waals surface area (Å²) >= 11 is 0. The van der Waals surface area contributed by atoms with Crippen LogP contribution in [0.3, 0.4) is 0 Å². The minimum Gasteiger partial charge on any atom is -0.507 e. The number of carbonyl (C=O) groups is 1. The largest absolute Gasteiger partial charge is 0.507 e. The minimum atomic E-state index is -0.964. The third-order valence-corrected chi connectivity index (χ3v) is 3.98. The van der Waals surface area contributed by atoms with E-state index in [0.29, 0.717) is 17.1 Å². The molecule has 3 aromatic carbocycles. The second kappa shape index (κ2) is 6.69. The number of hydrogen-bond acceptors (Lipinski definition) is 3. The summed E-state index contributed by atoms with van der Waals surface area (Å²) < 4.78 is 5.99. The molecule has 3 aromatic rings. The van der Waals surface area contributed by atoms with Crippen LogP contribution in [0.2, 0.25) is 0 Å². The molecule has 4 nitrogen and oxygen atoms in total. The summed E-state index contributed by atoms with van der Waals surface area (Å²) in [6.07, 6.45) is 0. The Morgan fingerprint density at radius 3 is 2.16 bits per heavy atom. The van der Waals surface area contributed by atoms with Crippen molar-refractivity contribution in [1.82, 2.24) is 0 Å². The van der Waals surface area contributed by atoms with E-state index in [1.54, 1.807) is 30.3 Å². The zero-order valence-electron chi connectivity index (χ0n) is 14.0. The molecule has 0 aliphatic carbocycles. The molecule has 25 heavy (non-hydrogen) atoms. The summed E-state index contributed by atoms with van der Waals surface area (Å²) in [4.78, 5) is 11.1. The summed E-state index contributed by atoms with van der Waals surface area (Å²) in [7, 11) is 0. The number of carboxylic acids is 1. The van der Waals surface area contributed by atoms with Gasteiger partial charge in [-0.1, -0.05) is 30.3 Å². The van der Waals surface area contributed by atoms with Crippen molar-refractivity contribution in [2.75, 3.05) is 0 Å². The van der Waals surface area contributed by atoms with Gasteiger partial charge in [-0.15, -0.1) is 0 Å². The van der Waals surface area contributed by atoms with Gasteiger partial charge in [-0.3, -0.25) is 0 Å². The first kappa shape index (κ1) is 16.6. The van der Waals surface area contributed by atoms with Gasteiger partial charge in [0.15, 0.2) is 0 Å². The lowest BCUT2D eigenvalue weighted by Crippen LogP contribution is -2.00. The molecule has 0 heterocycles. The van der Waals surface area contributed by atoms with Crippen molar-refractivity contribution < 1.29 is 19.7 Å². The molecule has 0 radical (unpaired) electrons. The van der Waals surface area contributed by atoms with Gasteiger partial charge in [-0.05, 0) is 60.9 Å². The molecule has 4 heteroatoms. The smallest absolute Gasteiger partial charge is 0.335 e. The number of benzene rings is 3. The normalized spacial score (nSPS) is 10.5. The number of phenols is 1. The van der Waals surface area contributed by atoms with Gasteiger partial charge in [0.2, 0.25) is 0 Å². The van der Waals surface area contributed by atoms with Crippen LogP contribution in [-0.4, -0.2) is 16.2 Å². The molecule has 126 valence electrons. The number of aromatic hydroxyl groups is 1. The highest BCUT2D eigenvalue weighted by Crippen LogP contribution is 2.36. The van der Waals surface area contributed by atoms with Crippen molar-refractivity contribution in [3.63, 3.8) is 0 Å². The van der Waals surface area contributed by atoms with Crippen LogP contribution in [0.1, 0.15) is 21.5 Å². The van der Waals surface area contributed by atoms with E-state index < -0.39 is 5.97 Å². The molecule has 0 aromatic heterocycles. The number of phenolic OH excluding ortho intramolecular Hbond substituents is 1. The van der Waals surface area contributed by atoms with E-state index in [1.165, 1.54) is 0 Å². The Balaban J connectivity index is 1.98. The second-order valence-corrected chi connectivity index (χ2v) is 5.89. The Kier molecular flexibility index (Phi) is 4.44. The third kappa shape index (κ3) is 3.48. The Bertz CT molecular complexity index is 907. The monoisotopic (exact) mass is 334 g/mol. The van der Waals surface area contributed by atoms with Crippen molar-refractivity contribution in [1.29, 1.82) is 0 Å². The average molecular weight is 334 g/mol. The molecule has 0 amide bonds. The lowest BCUT2D eigenvalue weighted by molar-refractivity contribution is 0.0696. The summed E-state index contributed by atoms with van der Waals surface area (Å²) in [5.74, 6) is 0.405. The van der Waals surface area contributed by atoms with Gasteiger partial charge in [0.1, 0.15) is 17.2 Å². The van der Waals surface area contributed by atoms with Crippen LogP contribution in [0.25, 0.3) is 11.1 Å². The van der Waals surface area contributed by atoms with Gasteiger partial charge in [-0.2, -0.15) is 0 Å². The van der Waals surface area contributed by atoms with Gasteiger partial charge in [0.05, 0.1) is 5.56 Å². The maximum atomic E-state index is 11.1. The van der Waals surface area contributed by atoms with Crippen molar-refractivity contribution in [2.45, 2.75) is 13.8 Å². The fourth-order valence-electron chi connectivity index (χ4n) is 2.78. The predicted octanol–water partition coefficient (Wildman–Crippen LogP) is 5.17. The van der Waals surface area contributed by atoms with E-state index in [1.807, 2.05) is 44.2 Å². The van der Waals surface area contributed by atoms with Crippen molar-refractivity contribution in [3.8, 4) is 28.4 Å². The maximum Gasteiger partial charge on any atom is 0.335 e. The highest BCUT2D eigenvalue weighted by Gasteiger charge is 2.13. The molecule has 0 saturated heterocycles. The molecule has 0 atom stereocenters. The summed E-state index contributed by atoms with van der Waals surface area (Å²) in [6.45, 7) is 3.63. The van der Waals surface area contributed by atoms with E-state index in [-0.39, 0.29) is 11.3 Å². The topological polar surface area (TPSA) is 66.8 Å². The van der Waals surface area contributed by atoms with Crippen molar-refractivity contribution in [3.05, 3.63) is 77.4 Å². The Morgan fingerprint density at radius 1 is 0.920 bits per heavy atom. The van der Waals surface area contributed by atoms with Crippen LogP contribution < -0.4 is 4.74 Å². The fraction of sp³-hybridized carbons (Fsp3) is 0.0952. The van der Waals surface area contributed by atoms with Crippen LogP contribution in [0.15, 0.2) is 60.7 Å². The van der Waals surface area contributed by atoms with Crippen LogP contribution >= 0.6 is 0 Å². The van der Waals surface area contributed by atoms with Gasteiger partial charge in [0, 0.05) is 5.56 Å². The Hall–Kier alpha value is -3.27. The number of carboxylic acid groups (broad SMARTS) is 1. The van der Waals surface area contributed by atoms with Crippen LogP contribution in [-0.2, 0) is 0 Å². The van der Waals surface area contributed by atoms with Crippen LogP contribution in [0.4, 0.5) is 0 Å². The molecular weight excluding hydrogens is 316 g/mol. The summed E-state index contributed by atoms with van der Waals surface area (Å²) in [5.41, 5.74) is 3.28. The first-order chi connectivity index (χ1) is 12.0. The first-order valence-corrected chi connectivity index (χ1v) is 7.86. The van der Waals surface area contributed by atoms with Crippen molar-refractivity contribution >= 4 is 5.97 Å². The number of hydrogen-bond donors (Lipinski definition) is 2. The Labute approximate surface area is 146 Å². The maximum absolute atomic E-state index is 11.1. The molecule has 0 unspecified atom stereocenters. The second-order valence-electron chi connectivity index (χ2n) is 5.89. The van der Waals surface area contributed by atoms with Gasteiger partial charge >= 0.3 is 5.97 Å². The Morgan fingerprint density at radius 2 is 1.56 bits per heavy atom. The molecule has 0 aliphatic heterocycles. The number of rotatable bonds is 4. The average Bonchev–Trinajstić information content (AvgIpc) is 2.60. The van der Waals surface area contributed by atoms with E-state index in [2.05, 4.69) is 0 Å². The molecule has 0 spiro atoms. The van der Waals surface area contributed by atoms with Gasteiger partial charge in [0.25, 0.3) is 0 Å². The lowest BCUT2D eigenvalue weighted by Gasteiger charge is -2.14. The molecule has 3 rings (SSSR count). The van der Waals surface area contributed by atoms with Crippen LogP contribution in [0.5, 0.6) is 17.2 Å². The number of aromatic carboxylic acids is 1. The number of aryl methyl sites for hydroxylation is 2. The fourth-order valence-corrected chi connectivity index (χ4v) is 2.78. The quantitative estimate of drug-likeness (QED) is 0.691. The highest BCUT2D eigenvalue weighted by molar-refractivity contribution is 5.88. The zero-order valence-corrected chi connectivity index (χ0v) is 14.0. The van der Waals surface area contributed by atoms with E-state index >= 15 is 0 Å². The highest BCUT2D eigenvalue weighted by atomic mass is 16.5. The molecule has 0 fully saturated rings. The van der Waals surface area contributed by atoms with Crippen LogP contribution in [0, 0.1) is 13.8 Å². The third-order valence-electron chi connectivity index (χ3n) is 3.98. The minimum absolute atomic E-state index is 0.174. The standard InChI is InChI=1S/C21H18O4/c1-13-10-16(21(23)24)11-14(2)20(13)25-17-8-9-19(22)18(12-17)15-6-4-3-5-7-15/h3-12,22H,1-2H3,(H,23,24). The van der Waals surface area contributed by atoms with Gasteiger partial charge in [-0.25, -0.2) is 4.79 Å². The molecule has 2 N–H and O–H groups in total. The predicted molar refractivity (Wildman–Crippen MR) is 96.5 cm³/mol. The molecule has 0 saturated carbocycles.